The third kappa shape index (κ3) is 5.28. The molecule has 0 aliphatic rings. The number of aryl methyl sites for hydroxylation is 1. The van der Waals surface area contributed by atoms with Gasteiger partial charge in [-0.3, -0.25) is 9.89 Å². The van der Waals surface area contributed by atoms with Crippen LogP contribution in [-0.4, -0.2) is 50.8 Å². The van der Waals surface area contributed by atoms with E-state index in [1.54, 1.807) is 4.90 Å². The summed E-state index contributed by atoms with van der Waals surface area (Å²) in [7, 11) is 0. The van der Waals surface area contributed by atoms with E-state index in [4.69, 9.17) is 5.11 Å². The molecule has 6 nitrogen and oxygen atoms in total. The highest BCUT2D eigenvalue weighted by atomic mass is 16.3. The van der Waals surface area contributed by atoms with Gasteiger partial charge in [-0.1, -0.05) is 33.1 Å². The minimum atomic E-state index is -0.200. The van der Waals surface area contributed by atoms with E-state index < -0.39 is 0 Å². The summed E-state index contributed by atoms with van der Waals surface area (Å²) in [5.41, 5.74) is 0. The number of aromatic nitrogens is 3. The van der Waals surface area contributed by atoms with Gasteiger partial charge < -0.3 is 10.0 Å². The van der Waals surface area contributed by atoms with Crippen molar-refractivity contribution in [3.8, 4) is 0 Å². The number of hydrogen-bond donors (Lipinski definition) is 2. The number of carbonyl (C=O) groups is 1. The molecule has 1 aromatic rings. The molecule has 114 valence electrons. The van der Waals surface area contributed by atoms with E-state index in [-0.39, 0.29) is 18.3 Å². The Kier molecular flexibility index (Phi) is 7.87. The van der Waals surface area contributed by atoms with Gasteiger partial charge in [-0.2, -0.15) is 0 Å². The van der Waals surface area contributed by atoms with Crippen LogP contribution in [-0.2, 0) is 6.42 Å². The fourth-order valence-electron chi connectivity index (χ4n) is 2.05. The number of aromatic amines is 1. The first-order valence-corrected chi connectivity index (χ1v) is 7.54. The summed E-state index contributed by atoms with van der Waals surface area (Å²) in [6.07, 6.45) is 6.13. The summed E-state index contributed by atoms with van der Waals surface area (Å²) in [4.78, 5) is 18.1. The lowest BCUT2D eigenvalue weighted by atomic mass is 10.2. The van der Waals surface area contributed by atoms with E-state index in [0.717, 1.165) is 37.9 Å². The van der Waals surface area contributed by atoms with E-state index in [2.05, 4.69) is 29.0 Å². The van der Waals surface area contributed by atoms with Crippen LogP contribution in [0.15, 0.2) is 0 Å². The van der Waals surface area contributed by atoms with Crippen molar-refractivity contribution in [3.63, 3.8) is 0 Å². The fourth-order valence-corrected chi connectivity index (χ4v) is 2.05. The first kappa shape index (κ1) is 16.6. The number of aliphatic hydroxyl groups is 1. The number of nitrogens with one attached hydrogen (secondary N) is 1. The van der Waals surface area contributed by atoms with Gasteiger partial charge >= 0.3 is 0 Å². The van der Waals surface area contributed by atoms with Crippen LogP contribution in [0.3, 0.4) is 0 Å². The van der Waals surface area contributed by atoms with Crippen molar-refractivity contribution in [2.24, 2.45) is 0 Å². The SMILES string of the molecule is CCCCCCN(CCO)C(=O)c1n[nH]c(CCC)n1. The van der Waals surface area contributed by atoms with Crippen molar-refractivity contribution >= 4 is 5.91 Å². The van der Waals surface area contributed by atoms with Crippen molar-refractivity contribution in [2.75, 3.05) is 19.7 Å². The molecule has 0 aromatic carbocycles. The fraction of sp³-hybridized carbons (Fsp3) is 0.786. The Labute approximate surface area is 120 Å². The van der Waals surface area contributed by atoms with Gasteiger partial charge in [0.25, 0.3) is 5.91 Å². The highest BCUT2D eigenvalue weighted by molar-refractivity contribution is 5.90. The quantitative estimate of drug-likeness (QED) is 0.641. The second-order valence-corrected chi connectivity index (χ2v) is 4.93. The van der Waals surface area contributed by atoms with Crippen molar-refractivity contribution in [3.05, 3.63) is 11.6 Å². The maximum absolute atomic E-state index is 12.3. The molecule has 1 rings (SSSR count). The lowest BCUT2D eigenvalue weighted by molar-refractivity contribution is 0.0706. The Hall–Kier alpha value is -1.43. The molecule has 1 aromatic heterocycles. The molecule has 0 unspecified atom stereocenters. The Morgan fingerprint density at radius 1 is 1.20 bits per heavy atom. The summed E-state index contributed by atoms with van der Waals surface area (Å²) >= 11 is 0. The molecular formula is C14H26N4O2. The van der Waals surface area contributed by atoms with E-state index in [1.165, 1.54) is 6.42 Å². The number of aliphatic hydroxyl groups excluding tert-OH is 1. The zero-order chi connectivity index (χ0) is 14.8. The lowest BCUT2D eigenvalue weighted by Gasteiger charge is -2.20. The van der Waals surface area contributed by atoms with Gasteiger partial charge in [-0.15, -0.1) is 5.10 Å². The van der Waals surface area contributed by atoms with Gasteiger partial charge in [-0.25, -0.2) is 4.98 Å². The minimum absolute atomic E-state index is 0.0360. The molecule has 0 radical (unpaired) electrons. The Balaban J connectivity index is 2.57. The number of carbonyl (C=O) groups excluding carboxylic acids is 1. The summed E-state index contributed by atoms with van der Waals surface area (Å²) in [6, 6.07) is 0. The topological polar surface area (TPSA) is 82.1 Å². The molecule has 6 heteroatoms. The minimum Gasteiger partial charge on any atom is -0.395 e. The van der Waals surface area contributed by atoms with Gasteiger partial charge in [0.05, 0.1) is 6.61 Å². The summed E-state index contributed by atoms with van der Waals surface area (Å²) in [5, 5.41) is 15.8. The average molecular weight is 282 g/mol. The van der Waals surface area contributed by atoms with Gasteiger partial charge in [0.1, 0.15) is 5.82 Å². The maximum Gasteiger partial charge on any atom is 0.293 e. The second-order valence-electron chi connectivity index (χ2n) is 4.93. The van der Waals surface area contributed by atoms with Gasteiger partial charge in [0.15, 0.2) is 0 Å². The zero-order valence-electron chi connectivity index (χ0n) is 12.6. The molecule has 0 aliphatic carbocycles. The Morgan fingerprint density at radius 3 is 2.65 bits per heavy atom. The molecule has 20 heavy (non-hydrogen) atoms. The number of unbranched alkanes of at least 4 members (excludes halogenated alkanes) is 3. The van der Waals surface area contributed by atoms with Crippen molar-refractivity contribution < 1.29 is 9.90 Å². The molecular weight excluding hydrogens is 256 g/mol. The molecule has 0 bridgehead atoms. The third-order valence-corrected chi connectivity index (χ3v) is 3.15. The molecule has 1 heterocycles. The molecule has 0 aliphatic heterocycles. The number of rotatable bonds is 10. The largest absolute Gasteiger partial charge is 0.395 e. The van der Waals surface area contributed by atoms with Crippen LogP contribution in [0.4, 0.5) is 0 Å². The summed E-state index contributed by atoms with van der Waals surface area (Å²) in [5.74, 6) is 0.748. The number of nitrogens with zero attached hydrogens (tertiary/aromatic N) is 3. The van der Waals surface area contributed by atoms with Crippen LogP contribution in [0.1, 0.15) is 62.4 Å². The molecule has 0 atom stereocenters. The molecule has 0 saturated carbocycles. The first-order valence-electron chi connectivity index (χ1n) is 7.54. The van der Waals surface area contributed by atoms with Crippen LogP contribution in [0, 0.1) is 0 Å². The number of H-pyrrole nitrogens is 1. The Bertz CT molecular complexity index is 392. The smallest absolute Gasteiger partial charge is 0.293 e. The monoisotopic (exact) mass is 282 g/mol. The van der Waals surface area contributed by atoms with E-state index in [1.807, 2.05) is 0 Å². The highest BCUT2D eigenvalue weighted by Crippen LogP contribution is 2.05. The second kappa shape index (κ2) is 9.47. The van der Waals surface area contributed by atoms with E-state index in [0.29, 0.717) is 13.1 Å². The van der Waals surface area contributed by atoms with E-state index >= 15 is 0 Å². The van der Waals surface area contributed by atoms with Crippen molar-refractivity contribution in [1.82, 2.24) is 20.1 Å². The first-order chi connectivity index (χ1) is 9.72. The molecule has 0 saturated heterocycles. The molecule has 2 N–H and O–H groups in total. The van der Waals surface area contributed by atoms with Crippen LogP contribution >= 0.6 is 0 Å². The van der Waals surface area contributed by atoms with Crippen molar-refractivity contribution in [2.45, 2.75) is 52.4 Å². The summed E-state index contributed by atoms with van der Waals surface area (Å²) < 4.78 is 0. The molecule has 1 amide bonds. The lowest BCUT2D eigenvalue weighted by Crippen LogP contribution is -2.35. The Morgan fingerprint density at radius 2 is 2.00 bits per heavy atom. The van der Waals surface area contributed by atoms with E-state index in [9.17, 15) is 4.79 Å². The van der Waals surface area contributed by atoms with Gasteiger partial charge in [0, 0.05) is 19.5 Å². The summed E-state index contributed by atoms with van der Waals surface area (Å²) in [6.45, 7) is 5.15. The predicted octanol–water partition coefficient (Wildman–Crippen LogP) is 1.77. The predicted molar refractivity (Wildman–Crippen MR) is 77.5 cm³/mol. The maximum atomic E-state index is 12.3. The van der Waals surface area contributed by atoms with Crippen LogP contribution < -0.4 is 0 Å². The number of amides is 1. The average Bonchev–Trinajstić information content (AvgIpc) is 2.90. The van der Waals surface area contributed by atoms with Crippen molar-refractivity contribution in [1.29, 1.82) is 0 Å². The standard InChI is InChI=1S/C14H26N4O2/c1-3-5-6-7-9-18(10-11-19)14(20)13-15-12(8-4-2)16-17-13/h19H,3-11H2,1-2H3,(H,15,16,17). The van der Waals surface area contributed by atoms with Crippen LogP contribution in [0.25, 0.3) is 0 Å². The van der Waals surface area contributed by atoms with Gasteiger partial charge in [0.2, 0.25) is 5.82 Å². The molecule has 0 fully saturated rings. The van der Waals surface area contributed by atoms with Crippen LogP contribution in [0.5, 0.6) is 0 Å². The third-order valence-electron chi connectivity index (χ3n) is 3.15. The van der Waals surface area contributed by atoms with Gasteiger partial charge in [-0.05, 0) is 12.8 Å². The van der Waals surface area contributed by atoms with Crippen LogP contribution in [0.2, 0.25) is 0 Å². The molecule has 0 spiro atoms. The number of hydrogen-bond acceptors (Lipinski definition) is 4. The highest BCUT2D eigenvalue weighted by Gasteiger charge is 2.19. The normalized spacial score (nSPS) is 10.8. The zero-order valence-corrected chi connectivity index (χ0v) is 12.6.